The van der Waals surface area contributed by atoms with Crippen LogP contribution in [-0.4, -0.2) is 10.2 Å². The van der Waals surface area contributed by atoms with E-state index in [4.69, 9.17) is 0 Å². The number of hydrogen-bond acceptors (Lipinski definition) is 4. The summed E-state index contributed by atoms with van der Waals surface area (Å²) in [7, 11) is 0. The minimum absolute atomic E-state index is 0.601. The monoisotopic (exact) mass is 798 g/mol. The molecule has 2 N–H and O–H groups in total. The number of nitrogens with zero attached hydrogens (tertiary/aromatic N) is 2. The first-order chi connectivity index (χ1) is 30.5. The molecule has 1 aliphatic carbocycles. The van der Waals surface area contributed by atoms with E-state index in [9.17, 15) is 10.2 Å². The molecule has 0 aromatic heterocycles. The van der Waals surface area contributed by atoms with Gasteiger partial charge in [0.25, 0.3) is 0 Å². The smallest absolute Gasteiger partial charge is 0.141 e. The molecule has 0 heterocycles. The second-order valence-electron chi connectivity index (χ2n) is 16.0. The molecular weight excluding hydrogens is 757 g/mol. The molecule has 2 unspecified atom stereocenters. The van der Waals surface area contributed by atoms with Gasteiger partial charge in [0.15, 0.2) is 0 Å². The van der Waals surface area contributed by atoms with Crippen molar-refractivity contribution in [2.75, 3.05) is 9.80 Å². The fourth-order valence-electron chi connectivity index (χ4n) is 9.52. The van der Waals surface area contributed by atoms with E-state index in [2.05, 4.69) is 143 Å². The molecule has 10 aromatic carbocycles. The summed E-state index contributed by atoms with van der Waals surface area (Å²) in [5.41, 5.74) is 6.10. The zero-order valence-corrected chi connectivity index (χ0v) is 33.9. The lowest BCUT2D eigenvalue weighted by Gasteiger charge is -2.46. The van der Waals surface area contributed by atoms with Crippen LogP contribution in [0.1, 0.15) is 33.4 Å². The predicted octanol–water partition coefficient (Wildman–Crippen LogP) is 13.8. The third-order valence-electron chi connectivity index (χ3n) is 12.5. The first-order valence-corrected chi connectivity index (χ1v) is 21.0. The highest BCUT2D eigenvalue weighted by atomic mass is 16.3. The number of hydrogen-bond donors (Lipinski definition) is 2. The van der Waals surface area contributed by atoms with Gasteiger partial charge in [-0.15, -0.1) is 0 Å². The number of aliphatic hydroxyl groups is 2. The van der Waals surface area contributed by atoms with Crippen LogP contribution in [0.2, 0.25) is 0 Å². The molecule has 1 aliphatic rings. The fraction of sp³-hybridized carbons (Fsp3) is 0.0345. The van der Waals surface area contributed by atoms with Gasteiger partial charge in [-0.3, -0.25) is 0 Å². The zero-order chi connectivity index (χ0) is 41.7. The van der Waals surface area contributed by atoms with Gasteiger partial charge in [-0.25, -0.2) is 0 Å². The molecule has 0 aliphatic heterocycles. The van der Waals surface area contributed by atoms with E-state index in [0.717, 1.165) is 55.7 Å². The maximum Gasteiger partial charge on any atom is 0.141 e. The summed E-state index contributed by atoms with van der Waals surface area (Å²) in [5.74, 6) is 0. The Morgan fingerprint density at radius 3 is 0.935 bits per heavy atom. The van der Waals surface area contributed by atoms with Gasteiger partial charge in [-0.1, -0.05) is 170 Å². The fourth-order valence-corrected chi connectivity index (χ4v) is 9.52. The van der Waals surface area contributed by atoms with Crippen molar-refractivity contribution in [2.45, 2.75) is 11.2 Å². The highest BCUT2D eigenvalue weighted by Gasteiger charge is 2.51. The quantitative estimate of drug-likeness (QED) is 0.161. The third-order valence-corrected chi connectivity index (χ3v) is 12.5. The molecule has 0 spiro atoms. The van der Waals surface area contributed by atoms with E-state index in [0.29, 0.717) is 33.4 Å². The summed E-state index contributed by atoms with van der Waals surface area (Å²) in [5, 5.41) is 32.3. The summed E-state index contributed by atoms with van der Waals surface area (Å²) in [4.78, 5) is 4.44. The van der Waals surface area contributed by atoms with Crippen molar-refractivity contribution >= 4 is 55.7 Å². The molecule has 0 amide bonds. The molecule has 11 rings (SSSR count). The summed E-state index contributed by atoms with van der Waals surface area (Å²) in [6.45, 7) is 0. The summed E-state index contributed by atoms with van der Waals surface area (Å²) in [6, 6.07) is 82.4. The van der Waals surface area contributed by atoms with Crippen LogP contribution in [0.4, 0.5) is 34.1 Å². The van der Waals surface area contributed by atoms with Crippen molar-refractivity contribution in [3.05, 3.63) is 276 Å². The van der Waals surface area contributed by atoms with E-state index in [1.54, 1.807) is 0 Å². The summed E-state index contributed by atoms with van der Waals surface area (Å²) < 4.78 is 0. The van der Waals surface area contributed by atoms with Crippen molar-refractivity contribution in [1.82, 2.24) is 0 Å². The zero-order valence-electron chi connectivity index (χ0n) is 33.9. The molecule has 0 saturated heterocycles. The van der Waals surface area contributed by atoms with Gasteiger partial charge in [0.2, 0.25) is 0 Å². The number of fused-ring (bicyclic) bond motifs is 4. The first-order valence-electron chi connectivity index (χ1n) is 21.0. The van der Waals surface area contributed by atoms with E-state index < -0.39 is 11.2 Å². The van der Waals surface area contributed by atoms with Crippen LogP contribution < -0.4 is 9.80 Å². The van der Waals surface area contributed by atoms with Crippen LogP contribution in [0.5, 0.6) is 0 Å². The van der Waals surface area contributed by atoms with Crippen LogP contribution in [0.3, 0.4) is 0 Å². The highest BCUT2D eigenvalue weighted by molar-refractivity contribution is 5.91. The third kappa shape index (κ3) is 6.08. The predicted molar refractivity (Wildman–Crippen MR) is 254 cm³/mol. The Balaban J connectivity index is 1.17. The van der Waals surface area contributed by atoms with Gasteiger partial charge in [-0.2, -0.15) is 0 Å². The maximum atomic E-state index is 13.9. The van der Waals surface area contributed by atoms with E-state index in [-0.39, 0.29) is 0 Å². The van der Waals surface area contributed by atoms with E-state index in [1.807, 2.05) is 109 Å². The van der Waals surface area contributed by atoms with Gasteiger partial charge < -0.3 is 20.0 Å². The normalized spacial score (nSPS) is 16.7. The lowest BCUT2D eigenvalue weighted by molar-refractivity contribution is 0.0749. The van der Waals surface area contributed by atoms with Crippen molar-refractivity contribution in [1.29, 1.82) is 0 Å². The van der Waals surface area contributed by atoms with E-state index in [1.165, 1.54) is 0 Å². The molecular formula is C58H42N2O2. The second-order valence-corrected chi connectivity index (χ2v) is 16.0. The number of para-hydroxylation sites is 2. The van der Waals surface area contributed by atoms with Gasteiger partial charge >= 0.3 is 0 Å². The molecule has 4 nitrogen and oxygen atoms in total. The Labute approximate surface area is 361 Å². The Morgan fingerprint density at radius 1 is 0.242 bits per heavy atom. The lowest BCUT2D eigenvalue weighted by atomic mass is 9.63. The Bertz CT molecular complexity index is 3010. The molecule has 10 aromatic rings. The highest BCUT2D eigenvalue weighted by Crippen LogP contribution is 2.55. The van der Waals surface area contributed by atoms with Crippen LogP contribution in [0, 0.1) is 0 Å². The van der Waals surface area contributed by atoms with Gasteiger partial charge in [0.05, 0.1) is 0 Å². The topological polar surface area (TPSA) is 46.9 Å². The van der Waals surface area contributed by atoms with Crippen molar-refractivity contribution in [3.63, 3.8) is 0 Å². The molecule has 0 fully saturated rings. The standard InChI is InChI=1S/C58H42N2O2/c61-57(45-21-5-1-6-22-45)53-35-33-52(60(48-27-11-4-12-28-48)50-32-30-42-18-14-16-20-44(42)38-50)40-56(53)58(62,46-23-7-2-8-24-46)54-36-34-51(39-55(54)57)59(47-25-9-3-10-26-47)49-31-29-41-17-13-15-19-43(41)37-49/h1-40,61-62H. The van der Waals surface area contributed by atoms with Crippen LogP contribution >= 0.6 is 0 Å². The van der Waals surface area contributed by atoms with Crippen LogP contribution in [0.15, 0.2) is 243 Å². The summed E-state index contributed by atoms with van der Waals surface area (Å²) in [6.07, 6.45) is 0. The molecule has 0 bridgehead atoms. The minimum atomic E-state index is -1.66. The molecule has 0 radical (unpaired) electrons. The molecule has 2 atom stereocenters. The largest absolute Gasteiger partial charge is 0.376 e. The number of benzene rings is 10. The van der Waals surface area contributed by atoms with Crippen molar-refractivity contribution in [3.8, 4) is 0 Å². The number of anilines is 6. The number of rotatable bonds is 8. The maximum absolute atomic E-state index is 13.9. The van der Waals surface area contributed by atoms with Gasteiger partial charge in [-0.05, 0) is 117 Å². The van der Waals surface area contributed by atoms with Gasteiger partial charge in [0, 0.05) is 45.3 Å². The van der Waals surface area contributed by atoms with Crippen LogP contribution in [-0.2, 0) is 11.2 Å². The average molecular weight is 799 g/mol. The average Bonchev–Trinajstić information content (AvgIpc) is 3.34. The van der Waals surface area contributed by atoms with Crippen molar-refractivity contribution < 1.29 is 10.2 Å². The Morgan fingerprint density at radius 2 is 0.548 bits per heavy atom. The Kier molecular flexibility index (Phi) is 9.05. The molecule has 62 heavy (non-hydrogen) atoms. The molecule has 296 valence electrons. The second kappa shape index (κ2) is 15.1. The minimum Gasteiger partial charge on any atom is -0.376 e. The SMILES string of the molecule is OC1(c2ccccc2)c2ccc(N(c3ccccc3)c3ccc4ccccc4c3)cc2C(O)(c2ccccc2)c2ccc(N(c3ccccc3)c3ccc4ccccc4c3)cc21. The lowest BCUT2D eigenvalue weighted by Crippen LogP contribution is -2.44. The summed E-state index contributed by atoms with van der Waals surface area (Å²) >= 11 is 0. The molecule has 4 heteroatoms. The first kappa shape index (κ1) is 37.3. The van der Waals surface area contributed by atoms with Gasteiger partial charge in [0.1, 0.15) is 11.2 Å². The van der Waals surface area contributed by atoms with Crippen molar-refractivity contribution in [2.24, 2.45) is 0 Å². The van der Waals surface area contributed by atoms with Crippen LogP contribution in [0.25, 0.3) is 21.5 Å². The Hall–Kier alpha value is -7.76. The molecule has 0 saturated carbocycles. The van der Waals surface area contributed by atoms with E-state index >= 15 is 0 Å².